The number of benzene rings is 1. The third kappa shape index (κ3) is 4.41. The van der Waals surface area contributed by atoms with E-state index in [1.165, 1.54) is 23.5 Å². The Morgan fingerprint density at radius 2 is 2.08 bits per heavy atom. The van der Waals surface area contributed by atoms with Crippen LogP contribution in [0.5, 0.6) is 0 Å². The van der Waals surface area contributed by atoms with Gasteiger partial charge >= 0.3 is 0 Å². The molecular formula is C18H19FN2O2S. The summed E-state index contributed by atoms with van der Waals surface area (Å²) in [6.45, 7) is 0.724. The summed E-state index contributed by atoms with van der Waals surface area (Å²) >= 11 is 1.37. The second-order valence-corrected chi connectivity index (χ2v) is 6.81. The fraction of sp³-hybridized carbons (Fsp3) is 0.333. The van der Waals surface area contributed by atoms with E-state index in [4.69, 9.17) is 0 Å². The molecule has 1 aromatic heterocycles. The van der Waals surface area contributed by atoms with Crippen LogP contribution >= 0.6 is 11.3 Å². The van der Waals surface area contributed by atoms with Crippen molar-refractivity contribution in [1.82, 2.24) is 10.2 Å². The lowest BCUT2D eigenvalue weighted by atomic mass is 10.2. The third-order valence-electron chi connectivity index (χ3n) is 3.92. The van der Waals surface area contributed by atoms with Gasteiger partial charge < -0.3 is 10.2 Å². The van der Waals surface area contributed by atoms with E-state index in [1.54, 1.807) is 17.0 Å². The van der Waals surface area contributed by atoms with Crippen LogP contribution in [-0.4, -0.2) is 29.3 Å². The number of nitrogens with one attached hydrogen (secondary N) is 1. The van der Waals surface area contributed by atoms with Crippen LogP contribution in [0, 0.1) is 5.82 Å². The van der Waals surface area contributed by atoms with Crippen LogP contribution in [0.4, 0.5) is 4.39 Å². The average molecular weight is 346 g/mol. The average Bonchev–Trinajstić information content (AvgIpc) is 3.25. The van der Waals surface area contributed by atoms with Crippen LogP contribution in [0.25, 0.3) is 0 Å². The van der Waals surface area contributed by atoms with Crippen LogP contribution in [-0.2, 0) is 11.3 Å². The molecule has 1 aliphatic carbocycles. The Morgan fingerprint density at radius 1 is 1.25 bits per heavy atom. The molecular weight excluding hydrogens is 327 g/mol. The number of hydrogen-bond donors (Lipinski definition) is 1. The summed E-state index contributed by atoms with van der Waals surface area (Å²) in [5, 5.41) is 4.61. The zero-order chi connectivity index (χ0) is 16.9. The van der Waals surface area contributed by atoms with Crippen molar-refractivity contribution in [3.05, 3.63) is 58.0 Å². The van der Waals surface area contributed by atoms with Gasteiger partial charge in [0.25, 0.3) is 5.91 Å². The number of rotatable bonds is 7. The summed E-state index contributed by atoms with van der Waals surface area (Å²) in [6.07, 6.45) is 2.23. The van der Waals surface area contributed by atoms with Gasteiger partial charge in [-0.3, -0.25) is 9.59 Å². The van der Waals surface area contributed by atoms with Gasteiger partial charge in [-0.2, -0.15) is 0 Å². The van der Waals surface area contributed by atoms with Gasteiger partial charge in [0.2, 0.25) is 5.91 Å². The maximum Gasteiger partial charge on any atom is 0.261 e. The number of nitrogens with zero attached hydrogens (tertiary/aromatic N) is 1. The van der Waals surface area contributed by atoms with E-state index in [-0.39, 0.29) is 30.1 Å². The Hall–Kier alpha value is -2.21. The standard InChI is InChI=1S/C18H19FN2O2S/c19-14-4-1-3-13(11-14)12-21(15-6-7-15)17(22)8-9-20-18(23)16-5-2-10-24-16/h1-5,10-11,15H,6-9,12H2,(H,20,23). The molecule has 1 aromatic carbocycles. The molecule has 0 aliphatic heterocycles. The van der Waals surface area contributed by atoms with Crippen molar-refractivity contribution in [2.45, 2.75) is 31.8 Å². The minimum absolute atomic E-state index is 0.00626. The van der Waals surface area contributed by atoms with Gasteiger partial charge in [-0.25, -0.2) is 4.39 Å². The molecule has 1 fully saturated rings. The lowest BCUT2D eigenvalue weighted by Gasteiger charge is -2.22. The second kappa shape index (κ2) is 7.57. The van der Waals surface area contributed by atoms with Crippen LogP contribution in [0.15, 0.2) is 41.8 Å². The van der Waals surface area contributed by atoms with E-state index in [1.807, 2.05) is 17.5 Å². The minimum Gasteiger partial charge on any atom is -0.351 e. The SMILES string of the molecule is O=C(NCCC(=O)N(Cc1cccc(F)c1)C1CC1)c1cccs1. The first kappa shape index (κ1) is 16.6. The largest absolute Gasteiger partial charge is 0.351 e. The molecule has 0 bridgehead atoms. The molecule has 4 nitrogen and oxygen atoms in total. The molecule has 6 heteroatoms. The van der Waals surface area contributed by atoms with E-state index in [9.17, 15) is 14.0 Å². The van der Waals surface area contributed by atoms with Gasteiger partial charge in [0.05, 0.1) is 4.88 Å². The summed E-state index contributed by atoms with van der Waals surface area (Å²) < 4.78 is 13.3. The van der Waals surface area contributed by atoms with Crippen molar-refractivity contribution in [2.75, 3.05) is 6.54 Å². The number of hydrogen-bond acceptors (Lipinski definition) is 3. The van der Waals surface area contributed by atoms with E-state index >= 15 is 0 Å². The predicted molar refractivity (Wildman–Crippen MR) is 91.2 cm³/mol. The van der Waals surface area contributed by atoms with Crippen molar-refractivity contribution in [3.63, 3.8) is 0 Å². The highest BCUT2D eigenvalue weighted by Gasteiger charge is 2.32. The van der Waals surface area contributed by atoms with Crippen LogP contribution in [0.1, 0.15) is 34.5 Å². The Bertz CT molecular complexity index is 714. The number of halogens is 1. The molecule has 0 spiro atoms. The number of carbonyl (C=O) groups is 2. The van der Waals surface area contributed by atoms with Crippen molar-refractivity contribution >= 4 is 23.2 Å². The fourth-order valence-corrected chi connectivity index (χ4v) is 3.20. The highest BCUT2D eigenvalue weighted by Crippen LogP contribution is 2.29. The van der Waals surface area contributed by atoms with E-state index < -0.39 is 0 Å². The van der Waals surface area contributed by atoms with Crippen LogP contribution in [0.2, 0.25) is 0 Å². The lowest BCUT2D eigenvalue weighted by molar-refractivity contribution is -0.132. The Morgan fingerprint density at radius 3 is 2.75 bits per heavy atom. The molecule has 3 rings (SSSR count). The van der Waals surface area contributed by atoms with Gasteiger partial charge in [0.15, 0.2) is 0 Å². The summed E-state index contributed by atoms with van der Waals surface area (Å²) in [7, 11) is 0. The first-order valence-electron chi connectivity index (χ1n) is 7.99. The van der Waals surface area contributed by atoms with E-state index in [2.05, 4.69) is 5.32 Å². The zero-order valence-corrected chi connectivity index (χ0v) is 14.0. The van der Waals surface area contributed by atoms with Crippen molar-refractivity contribution in [2.24, 2.45) is 0 Å². The molecule has 0 atom stereocenters. The maximum absolute atomic E-state index is 13.3. The van der Waals surface area contributed by atoms with Crippen molar-refractivity contribution in [1.29, 1.82) is 0 Å². The Labute approximate surface area is 144 Å². The van der Waals surface area contributed by atoms with Gasteiger partial charge in [0.1, 0.15) is 5.82 Å². The highest BCUT2D eigenvalue weighted by molar-refractivity contribution is 7.12. The molecule has 0 saturated heterocycles. The molecule has 1 heterocycles. The second-order valence-electron chi connectivity index (χ2n) is 5.87. The first-order valence-corrected chi connectivity index (χ1v) is 8.87. The number of carbonyl (C=O) groups excluding carboxylic acids is 2. The number of thiophene rings is 1. The summed E-state index contributed by atoms with van der Waals surface area (Å²) in [6, 6.07) is 10.1. The van der Waals surface area contributed by atoms with E-state index in [0.29, 0.717) is 18.0 Å². The Kier molecular flexibility index (Phi) is 5.25. The summed E-state index contributed by atoms with van der Waals surface area (Å²) in [5.74, 6) is -0.451. The predicted octanol–water partition coefficient (Wildman–Crippen LogP) is 3.20. The molecule has 2 amide bonds. The van der Waals surface area contributed by atoms with Gasteiger partial charge in [-0.15, -0.1) is 11.3 Å². The Balaban J connectivity index is 1.52. The maximum atomic E-state index is 13.3. The molecule has 0 radical (unpaired) electrons. The molecule has 1 aliphatic rings. The fourth-order valence-electron chi connectivity index (χ4n) is 2.56. The third-order valence-corrected chi connectivity index (χ3v) is 4.79. The van der Waals surface area contributed by atoms with Gasteiger partial charge in [-0.1, -0.05) is 18.2 Å². The monoisotopic (exact) mass is 346 g/mol. The molecule has 24 heavy (non-hydrogen) atoms. The highest BCUT2D eigenvalue weighted by atomic mass is 32.1. The van der Waals surface area contributed by atoms with Crippen molar-refractivity contribution in [3.8, 4) is 0 Å². The quantitative estimate of drug-likeness (QED) is 0.837. The molecule has 2 aromatic rings. The molecule has 0 unspecified atom stereocenters. The minimum atomic E-state index is -0.293. The number of amides is 2. The molecule has 1 N–H and O–H groups in total. The van der Waals surface area contributed by atoms with Crippen LogP contribution in [0.3, 0.4) is 0 Å². The molecule has 1 saturated carbocycles. The van der Waals surface area contributed by atoms with Gasteiger partial charge in [0, 0.05) is 25.6 Å². The normalized spacial score (nSPS) is 13.5. The smallest absolute Gasteiger partial charge is 0.261 e. The van der Waals surface area contributed by atoms with Gasteiger partial charge in [-0.05, 0) is 42.0 Å². The first-order chi connectivity index (χ1) is 11.6. The van der Waals surface area contributed by atoms with Crippen LogP contribution < -0.4 is 5.32 Å². The van der Waals surface area contributed by atoms with E-state index in [0.717, 1.165) is 18.4 Å². The lowest BCUT2D eigenvalue weighted by Crippen LogP contribution is -2.35. The van der Waals surface area contributed by atoms with Crippen molar-refractivity contribution < 1.29 is 14.0 Å². The molecule has 126 valence electrons. The summed E-state index contributed by atoms with van der Waals surface area (Å²) in [5.41, 5.74) is 0.790. The topological polar surface area (TPSA) is 49.4 Å². The zero-order valence-electron chi connectivity index (χ0n) is 13.2. The summed E-state index contributed by atoms with van der Waals surface area (Å²) in [4.78, 5) is 26.8.